The van der Waals surface area contributed by atoms with Crippen molar-refractivity contribution in [2.24, 2.45) is 0 Å². The second-order valence-corrected chi connectivity index (χ2v) is 10.3. The molecule has 3 aromatic carbocycles. The average Bonchev–Trinajstić information content (AvgIpc) is 2.51. The maximum atomic E-state index is 2.35. The Labute approximate surface area is 174 Å². The van der Waals surface area contributed by atoms with Gasteiger partial charge in [-0.05, 0) is 62.3 Å². The van der Waals surface area contributed by atoms with Crippen LogP contribution in [0.4, 0.5) is 0 Å². The van der Waals surface area contributed by atoms with Gasteiger partial charge in [-0.25, -0.2) is 0 Å². The molecule has 0 radical (unpaired) electrons. The molecule has 28 heavy (non-hydrogen) atoms. The molecule has 0 aliphatic carbocycles. The Balaban J connectivity index is 2.45. The molecule has 0 atom stereocenters. The van der Waals surface area contributed by atoms with Crippen LogP contribution in [-0.2, 0) is 10.9 Å². The molecule has 0 amide bonds. The molecule has 3 rings (SSSR count). The van der Waals surface area contributed by atoms with Gasteiger partial charge in [0.1, 0.15) is 10.9 Å². The highest BCUT2D eigenvalue weighted by Crippen LogP contribution is 2.41. The maximum absolute atomic E-state index is 2.35. The zero-order valence-electron chi connectivity index (χ0n) is 18.9. The van der Waals surface area contributed by atoms with Crippen molar-refractivity contribution in [3.05, 3.63) is 86.5 Å². The molecule has 0 fully saturated rings. The van der Waals surface area contributed by atoms with Crippen molar-refractivity contribution in [1.82, 2.24) is 0 Å². The number of benzene rings is 3. The van der Waals surface area contributed by atoms with Crippen LogP contribution in [0.2, 0.25) is 0 Å². The van der Waals surface area contributed by atoms with Crippen LogP contribution in [0.25, 0.3) is 0 Å². The summed E-state index contributed by atoms with van der Waals surface area (Å²) in [6, 6.07) is 14.1. The second kappa shape index (κ2) is 7.79. The van der Waals surface area contributed by atoms with Gasteiger partial charge in [-0.1, -0.05) is 53.1 Å². The van der Waals surface area contributed by atoms with E-state index in [4.69, 9.17) is 0 Å². The summed E-state index contributed by atoms with van der Waals surface area (Å²) in [5.41, 5.74) is 12.4. The minimum atomic E-state index is -0.109. The number of hydrogen-bond acceptors (Lipinski definition) is 0. The Bertz CT molecular complexity index is 850. The van der Waals surface area contributed by atoms with E-state index in [9.17, 15) is 0 Å². The van der Waals surface area contributed by atoms with E-state index in [0.717, 1.165) is 0 Å². The fourth-order valence-corrected chi connectivity index (χ4v) is 7.67. The standard InChI is InChI=1S/C27H33S/c1-16-10-19(4)25(20(5)11-16)28(26-21(6)12-17(2)13-22(26)7)27-23(8)14-18(3)15-24(27)9/h10-15H,1-9H3/q+1. The summed E-state index contributed by atoms with van der Waals surface area (Å²) < 4.78 is 0. The lowest BCUT2D eigenvalue weighted by atomic mass is 10.1. The first kappa shape index (κ1) is 20.7. The summed E-state index contributed by atoms with van der Waals surface area (Å²) in [7, 11) is -0.109. The van der Waals surface area contributed by atoms with E-state index in [0.29, 0.717) is 0 Å². The highest BCUT2D eigenvalue weighted by molar-refractivity contribution is 7.97. The molecule has 0 saturated carbocycles. The van der Waals surface area contributed by atoms with Crippen molar-refractivity contribution in [2.45, 2.75) is 77.0 Å². The first-order valence-electron chi connectivity index (χ1n) is 10.1. The van der Waals surface area contributed by atoms with Gasteiger partial charge in [-0.3, -0.25) is 0 Å². The van der Waals surface area contributed by atoms with Crippen molar-refractivity contribution in [3.63, 3.8) is 0 Å². The molecule has 0 saturated heterocycles. The van der Waals surface area contributed by atoms with E-state index in [1.54, 1.807) is 0 Å². The highest BCUT2D eigenvalue weighted by atomic mass is 32.2. The largest absolute Gasteiger partial charge is 0.172 e. The summed E-state index contributed by atoms with van der Waals surface area (Å²) in [6.45, 7) is 20.3. The number of aryl methyl sites for hydroxylation is 9. The predicted molar refractivity (Wildman–Crippen MR) is 124 cm³/mol. The Kier molecular flexibility index (Phi) is 5.77. The molecule has 1 heteroatoms. The van der Waals surface area contributed by atoms with Crippen molar-refractivity contribution in [2.75, 3.05) is 0 Å². The van der Waals surface area contributed by atoms with Crippen LogP contribution in [0, 0.1) is 62.3 Å². The number of hydrogen-bond donors (Lipinski definition) is 0. The zero-order chi connectivity index (χ0) is 20.7. The van der Waals surface area contributed by atoms with Crippen LogP contribution in [0.3, 0.4) is 0 Å². The molecular formula is C27H33S+. The van der Waals surface area contributed by atoms with Crippen LogP contribution in [0.1, 0.15) is 50.1 Å². The third kappa shape index (κ3) is 3.78. The summed E-state index contributed by atoms with van der Waals surface area (Å²) in [6.07, 6.45) is 0. The molecule has 0 unspecified atom stereocenters. The average molecular weight is 390 g/mol. The maximum Gasteiger partial charge on any atom is 0.172 e. The van der Waals surface area contributed by atoms with Gasteiger partial charge in [-0.15, -0.1) is 0 Å². The second-order valence-electron chi connectivity index (χ2n) is 8.49. The quantitative estimate of drug-likeness (QED) is 0.405. The van der Waals surface area contributed by atoms with Gasteiger partial charge in [0.05, 0.1) is 0 Å². The lowest BCUT2D eigenvalue weighted by Crippen LogP contribution is -2.15. The van der Waals surface area contributed by atoms with Crippen molar-refractivity contribution < 1.29 is 0 Å². The van der Waals surface area contributed by atoms with E-state index in [2.05, 4.69) is 98.7 Å². The molecule has 0 N–H and O–H groups in total. The molecule has 0 nitrogen and oxygen atoms in total. The van der Waals surface area contributed by atoms with Crippen molar-refractivity contribution in [3.8, 4) is 0 Å². The first-order valence-corrected chi connectivity index (χ1v) is 11.3. The van der Waals surface area contributed by atoms with Gasteiger partial charge in [0.2, 0.25) is 0 Å². The fraction of sp³-hybridized carbons (Fsp3) is 0.333. The highest BCUT2D eigenvalue weighted by Gasteiger charge is 2.37. The molecule has 0 aliphatic heterocycles. The molecule has 0 heterocycles. The van der Waals surface area contributed by atoms with E-state index < -0.39 is 0 Å². The van der Waals surface area contributed by atoms with Crippen LogP contribution in [0.5, 0.6) is 0 Å². The smallest absolute Gasteiger partial charge is 0.0513 e. The normalized spacial score (nSPS) is 11.4. The van der Waals surface area contributed by atoms with Crippen LogP contribution < -0.4 is 0 Å². The van der Waals surface area contributed by atoms with Gasteiger partial charge >= 0.3 is 0 Å². The van der Waals surface area contributed by atoms with Gasteiger partial charge < -0.3 is 0 Å². The minimum Gasteiger partial charge on any atom is -0.0513 e. The van der Waals surface area contributed by atoms with E-state index in [1.807, 2.05) is 0 Å². The zero-order valence-corrected chi connectivity index (χ0v) is 19.7. The lowest BCUT2D eigenvalue weighted by Gasteiger charge is -2.20. The molecule has 0 aromatic heterocycles. The van der Waals surface area contributed by atoms with E-state index >= 15 is 0 Å². The monoisotopic (exact) mass is 389 g/mol. The van der Waals surface area contributed by atoms with Crippen LogP contribution >= 0.6 is 0 Å². The molecule has 0 aliphatic rings. The third-order valence-electron chi connectivity index (χ3n) is 5.43. The number of rotatable bonds is 3. The Hall–Kier alpha value is -1.99. The third-order valence-corrected chi connectivity index (χ3v) is 8.58. The molecular weight excluding hydrogens is 356 g/mol. The lowest BCUT2D eigenvalue weighted by molar-refractivity contribution is 1.10. The molecule has 0 bridgehead atoms. The van der Waals surface area contributed by atoms with Gasteiger partial charge in [0.15, 0.2) is 14.7 Å². The van der Waals surface area contributed by atoms with Crippen LogP contribution in [-0.4, -0.2) is 0 Å². The predicted octanol–water partition coefficient (Wildman–Crippen LogP) is 7.56. The fourth-order valence-electron chi connectivity index (χ4n) is 4.77. The van der Waals surface area contributed by atoms with Gasteiger partial charge in [0.25, 0.3) is 0 Å². The Morgan fingerprint density at radius 1 is 0.357 bits per heavy atom. The van der Waals surface area contributed by atoms with Crippen molar-refractivity contribution in [1.29, 1.82) is 0 Å². The SMILES string of the molecule is Cc1cc(C)c([S+](c2c(C)cc(C)cc2C)c2c(C)cc(C)cc2C)c(C)c1. The Morgan fingerprint density at radius 3 is 0.714 bits per heavy atom. The summed E-state index contributed by atoms with van der Waals surface area (Å²) >= 11 is 0. The van der Waals surface area contributed by atoms with Gasteiger partial charge in [0, 0.05) is 33.4 Å². The summed E-state index contributed by atoms with van der Waals surface area (Å²) in [5, 5.41) is 0. The van der Waals surface area contributed by atoms with E-state index in [-0.39, 0.29) is 10.9 Å². The molecule has 3 aromatic rings. The van der Waals surface area contributed by atoms with Crippen LogP contribution in [0.15, 0.2) is 51.1 Å². The molecule has 146 valence electrons. The minimum absolute atomic E-state index is 0.109. The van der Waals surface area contributed by atoms with Crippen molar-refractivity contribution >= 4 is 10.9 Å². The topological polar surface area (TPSA) is 0 Å². The first-order chi connectivity index (χ1) is 13.1. The summed E-state index contributed by atoms with van der Waals surface area (Å²) in [5.74, 6) is 0. The molecule has 0 spiro atoms. The summed E-state index contributed by atoms with van der Waals surface area (Å²) in [4.78, 5) is 4.49. The van der Waals surface area contributed by atoms with Gasteiger partial charge in [-0.2, -0.15) is 0 Å². The Morgan fingerprint density at radius 2 is 0.536 bits per heavy atom. The van der Waals surface area contributed by atoms with E-state index in [1.165, 1.54) is 64.8 Å².